The number of carbonyl (C=O) groups is 1. The Morgan fingerprint density at radius 3 is 2.17 bits per heavy atom. The van der Waals surface area contributed by atoms with Crippen molar-refractivity contribution in [2.75, 3.05) is 13.6 Å². The predicted molar refractivity (Wildman–Crippen MR) is 146 cm³/mol. The first kappa shape index (κ1) is 30.2. The first-order chi connectivity index (χ1) is 18.5. The van der Waals surface area contributed by atoms with Crippen LogP contribution < -0.4 is 4.74 Å². The SMILES string of the molecule is CN(CCc1ccc(OC(F)(F)C(F)(F)I2OC(C)(C)c3ccccc32)cc1)C(=O)c1ccc(S(=O)(=O)F)cc1. The molecule has 1 aliphatic heterocycles. The van der Waals surface area contributed by atoms with Crippen LogP contribution in [0.1, 0.15) is 35.3 Å². The molecule has 216 valence electrons. The Kier molecular flexibility index (Phi) is 8.22. The topological polar surface area (TPSA) is 72.9 Å². The molecule has 0 aromatic heterocycles. The second-order valence-electron chi connectivity index (χ2n) is 9.52. The fourth-order valence-corrected chi connectivity index (χ4v) is 9.57. The Balaban J connectivity index is 1.38. The van der Waals surface area contributed by atoms with E-state index in [1.165, 1.54) is 48.3 Å². The summed E-state index contributed by atoms with van der Waals surface area (Å²) in [4.78, 5) is 13.3. The van der Waals surface area contributed by atoms with Crippen molar-refractivity contribution in [3.63, 3.8) is 0 Å². The number of likely N-dealkylation sites (N-methyl/N-ethyl adjacent to an activating group) is 1. The van der Waals surface area contributed by atoms with Gasteiger partial charge in [0.25, 0.3) is 0 Å². The third-order valence-electron chi connectivity index (χ3n) is 6.16. The zero-order valence-electron chi connectivity index (χ0n) is 21.5. The second kappa shape index (κ2) is 10.9. The molecule has 3 aromatic rings. The molecular weight excluding hydrogens is 672 g/mol. The van der Waals surface area contributed by atoms with Gasteiger partial charge in [-0.2, -0.15) is 8.42 Å². The third-order valence-corrected chi connectivity index (χ3v) is 12.4. The summed E-state index contributed by atoms with van der Waals surface area (Å²) in [5.74, 6) is -0.906. The van der Waals surface area contributed by atoms with E-state index in [0.29, 0.717) is 17.5 Å². The van der Waals surface area contributed by atoms with Crippen LogP contribution in [-0.4, -0.2) is 42.9 Å². The van der Waals surface area contributed by atoms with Gasteiger partial charge in [0.15, 0.2) is 0 Å². The number of halogens is 6. The number of nitrogens with zero attached hydrogens (tertiary/aromatic N) is 1. The molecule has 0 radical (unpaired) electrons. The van der Waals surface area contributed by atoms with Gasteiger partial charge in [-0.05, 0) is 24.3 Å². The normalized spacial score (nSPS) is 15.9. The van der Waals surface area contributed by atoms with E-state index in [0.717, 1.165) is 24.3 Å². The minimum atomic E-state index is -4.88. The molecule has 4 rings (SSSR count). The summed E-state index contributed by atoms with van der Waals surface area (Å²) in [5.41, 5.74) is 0.109. The van der Waals surface area contributed by atoms with Crippen molar-refractivity contribution < 1.29 is 42.5 Å². The van der Waals surface area contributed by atoms with Crippen LogP contribution in [-0.2, 0) is 25.3 Å². The standard InChI is InChI=1S/C27H25F5INO5S/c1-25(2)22-6-4-5-7-23(22)33(39-25)26(28,29)27(30,31)38-20-12-8-18(9-13-20)16-17-34(3)24(35)19-10-14-21(15-11-19)40(32,36)37/h4-15H,16-17H2,1-3H3. The zero-order chi connectivity index (χ0) is 29.5. The summed E-state index contributed by atoms with van der Waals surface area (Å²) in [6.07, 6.45) is -4.53. The van der Waals surface area contributed by atoms with Crippen molar-refractivity contribution >= 4 is 36.4 Å². The molecule has 1 amide bonds. The van der Waals surface area contributed by atoms with E-state index in [-0.39, 0.29) is 15.7 Å². The van der Waals surface area contributed by atoms with Crippen LogP contribution in [0.4, 0.5) is 21.4 Å². The fourth-order valence-electron chi connectivity index (χ4n) is 3.96. The summed E-state index contributed by atoms with van der Waals surface area (Å²) >= 11 is -4.18. The van der Waals surface area contributed by atoms with Gasteiger partial charge < -0.3 is 0 Å². The van der Waals surface area contributed by atoms with E-state index in [1.54, 1.807) is 26.0 Å². The molecule has 6 nitrogen and oxygen atoms in total. The number of ether oxygens (including phenoxy) is 1. The number of hydrogen-bond donors (Lipinski definition) is 0. The first-order valence-electron chi connectivity index (χ1n) is 11.9. The van der Waals surface area contributed by atoms with Crippen LogP contribution in [0.2, 0.25) is 0 Å². The van der Waals surface area contributed by atoms with Crippen LogP contribution in [0.3, 0.4) is 0 Å². The quantitative estimate of drug-likeness (QED) is 0.107. The number of fused-ring (bicyclic) bond motifs is 1. The van der Waals surface area contributed by atoms with E-state index in [1.807, 2.05) is 0 Å². The van der Waals surface area contributed by atoms with E-state index in [4.69, 9.17) is 3.07 Å². The molecule has 1 aliphatic rings. The smallest absolute Gasteiger partial charge is 0.189 e. The number of alkyl halides is 5. The Labute approximate surface area is 236 Å². The van der Waals surface area contributed by atoms with Gasteiger partial charge in [-0.25, -0.2) is 0 Å². The number of benzene rings is 3. The molecule has 0 spiro atoms. The van der Waals surface area contributed by atoms with E-state index >= 15 is 8.78 Å². The molecular formula is C27H25F5INO5S. The van der Waals surface area contributed by atoms with Gasteiger partial charge in [-0.1, -0.05) is 0 Å². The average Bonchev–Trinajstić information content (AvgIpc) is 3.18. The van der Waals surface area contributed by atoms with Crippen LogP contribution in [0.25, 0.3) is 0 Å². The molecule has 0 fully saturated rings. The second-order valence-corrected chi connectivity index (χ2v) is 15.2. The van der Waals surface area contributed by atoms with Gasteiger partial charge in [0.2, 0.25) is 0 Å². The van der Waals surface area contributed by atoms with Gasteiger partial charge in [0.05, 0.1) is 4.90 Å². The average molecular weight is 697 g/mol. The van der Waals surface area contributed by atoms with Crippen LogP contribution >= 0.6 is 20.2 Å². The molecule has 40 heavy (non-hydrogen) atoms. The Hall–Kier alpha value is -2.78. The molecule has 1 heterocycles. The van der Waals surface area contributed by atoms with E-state index in [2.05, 4.69) is 4.74 Å². The molecule has 0 saturated carbocycles. The monoisotopic (exact) mass is 697 g/mol. The summed E-state index contributed by atoms with van der Waals surface area (Å²) < 4.78 is 101. The van der Waals surface area contributed by atoms with Crippen molar-refractivity contribution in [1.29, 1.82) is 0 Å². The number of amides is 1. The van der Waals surface area contributed by atoms with Gasteiger partial charge in [-0.3, -0.25) is 0 Å². The molecule has 0 saturated heterocycles. The van der Waals surface area contributed by atoms with Gasteiger partial charge in [0.1, 0.15) is 0 Å². The molecule has 0 bridgehead atoms. The zero-order valence-corrected chi connectivity index (χ0v) is 24.5. The van der Waals surface area contributed by atoms with Crippen LogP contribution in [0.5, 0.6) is 5.75 Å². The molecule has 0 N–H and O–H groups in total. The number of carbonyl (C=O) groups excluding carboxylic acids is 1. The molecule has 0 atom stereocenters. The summed E-state index contributed by atoms with van der Waals surface area (Å²) in [6, 6.07) is 15.6. The summed E-state index contributed by atoms with van der Waals surface area (Å²) in [7, 11) is -3.39. The van der Waals surface area contributed by atoms with Gasteiger partial charge in [0, 0.05) is 0 Å². The van der Waals surface area contributed by atoms with Crippen molar-refractivity contribution in [2.45, 2.75) is 40.8 Å². The van der Waals surface area contributed by atoms with Gasteiger partial charge >= 0.3 is 195 Å². The van der Waals surface area contributed by atoms with Crippen molar-refractivity contribution in [3.8, 4) is 5.75 Å². The van der Waals surface area contributed by atoms with Crippen molar-refractivity contribution in [3.05, 3.63) is 93.1 Å². The minimum Gasteiger partial charge on any atom is -0.189 e. The molecule has 13 heteroatoms. The molecule has 0 unspecified atom stereocenters. The van der Waals surface area contributed by atoms with Crippen molar-refractivity contribution in [1.82, 2.24) is 4.90 Å². The van der Waals surface area contributed by atoms with Crippen LogP contribution in [0, 0.1) is 3.57 Å². The van der Waals surface area contributed by atoms with E-state index < -0.39 is 62.6 Å². The fraction of sp³-hybridized carbons (Fsp3) is 0.296. The number of hydrogen-bond acceptors (Lipinski definition) is 5. The van der Waals surface area contributed by atoms with Gasteiger partial charge in [-0.15, -0.1) is 3.89 Å². The van der Waals surface area contributed by atoms with E-state index in [9.17, 15) is 25.9 Å². The summed E-state index contributed by atoms with van der Waals surface area (Å²) in [5, 5.41) is 0. The Bertz CT molecular complexity index is 1500. The predicted octanol–water partition coefficient (Wildman–Crippen LogP) is 6.78. The van der Waals surface area contributed by atoms with Crippen LogP contribution in [0.15, 0.2) is 77.7 Å². The molecule has 3 aromatic carbocycles. The maximum atomic E-state index is 15.2. The Morgan fingerprint density at radius 1 is 0.975 bits per heavy atom. The molecule has 0 aliphatic carbocycles. The minimum absolute atomic E-state index is 0.127. The maximum absolute atomic E-state index is 15.2. The number of rotatable bonds is 9. The first-order valence-corrected chi connectivity index (χ1v) is 16.3. The van der Waals surface area contributed by atoms with Crippen molar-refractivity contribution in [2.24, 2.45) is 0 Å². The Morgan fingerprint density at radius 2 is 1.57 bits per heavy atom. The summed E-state index contributed by atoms with van der Waals surface area (Å²) in [6.45, 7) is 3.32. The third kappa shape index (κ3) is 6.10.